The Balaban J connectivity index is 2.26. The summed E-state index contributed by atoms with van der Waals surface area (Å²) in [5.74, 6) is 0. The van der Waals surface area contributed by atoms with Crippen LogP contribution in [0.5, 0.6) is 0 Å². The summed E-state index contributed by atoms with van der Waals surface area (Å²) in [7, 11) is 0. The van der Waals surface area contributed by atoms with Crippen molar-refractivity contribution in [1.29, 1.82) is 0 Å². The number of aliphatic hydroxyl groups excluding tert-OH is 1. The number of nitrogens with two attached hydrogens (primary N) is 1. The smallest absolute Gasteiger partial charge is 0.108 e. The standard InChI is InChI=1S/C14H13NOS/c1-8-6-7-10(15)12-13(16)9-4-2-3-5-11(9)17-14(8)12/h2-7,13,16H,15H2,1H3. The van der Waals surface area contributed by atoms with Crippen LogP contribution in [0.15, 0.2) is 46.2 Å². The highest BCUT2D eigenvalue weighted by Gasteiger charge is 2.27. The molecule has 86 valence electrons. The highest BCUT2D eigenvalue weighted by molar-refractivity contribution is 7.99. The minimum absolute atomic E-state index is 0.609. The van der Waals surface area contributed by atoms with E-state index in [2.05, 4.69) is 0 Å². The van der Waals surface area contributed by atoms with Crippen LogP contribution in [-0.2, 0) is 0 Å². The molecule has 0 saturated carbocycles. The molecule has 3 rings (SSSR count). The predicted molar refractivity (Wildman–Crippen MR) is 70.2 cm³/mol. The van der Waals surface area contributed by atoms with E-state index in [0.717, 1.165) is 26.5 Å². The number of fused-ring (bicyclic) bond motifs is 2. The lowest BCUT2D eigenvalue weighted by molar-refractivity contribution is 0.214. The van der Waals surface area contributed by atoms with Crippen molar-refractivity contribution in [3.8, 4) is 0 Å². The molecule has 0 saturated heterocycles. The van der Waals surface area contributed by atoms with Gasteiger partial charge in [0, 0.05) is 21.0 Å². The third-order valence-corrected chi connectivity index (χ3v) is 4.46. The van der Waals surface area contributed by atoms with Crippen LogP contribution < -0.4 is 5.73 Å². The number of aliphatic hydroxyl groups is 1. The molecule has 1 unspecified atom stereocenters. The number of rotatable bonds is 0. The summed E-state index contributed by atoms with van der Waals surface area (Å²) in [6.45, 7) is 2.05. The van der Waals surface area contributed by atoms with Gasteiger partial charge in [-0.25, -0.2) is 0 Å². The summed E-state index contributed by atoms with van der Waals surface area (Å²) >= 11 is 1.69. The minimum atomic E-state index is -0.609. The quantitative estimate of drug-likeness (QED) is 0.699. The lowest BCUT2D eigenvalue weighted by Crippen LogP contribution is -2.11. The summed E-state index contributed by atoms with van der Waals surface area (Å²) in [6, 6.07) is 11.8. The fraction of sp³-hybridized carbons (Fsp3) is 0.143. The van der Waals surface area contributed by atoms with E-state index in [0.29, 0.717) is 5.69 Å². The number of hydrogen-bond donors (Lipinski definition) is 2. The highest BCUT2D eigenvalue weighted by atomic mass is 32.2. The van der Waals surface area contributed by atoms with Gasteiger partial charge in [0.15, 0.2) is 0 Å². The van der Waals surface area contributed by atoms with Gasteiger partial charge < -0.3 is 10.8 Å². The Labute approximate surface area is 104 Å². The van der Waals surface area contributed by atoms with Gasteiger partial charge in [-0.1, -0.05) is 36.0 Å². The first-order valence-electron chi connectivity index (χ1n) is 5.52. The molecule has 2 aromatic rings. The van der Waals surface area contributed by atoms with E-state index < -0.39 is 6.10 Å². The maximum atomic E-state index is 10.4. The van der Waals surface area contributed by atoms with Crippen molar-refractivity contribution in [2.24, 2.45) is 0 Å². The maximum absolute atomic E-state index is 10.4. The van der Waals surface area contributed by atoms with Crippen molar-refractivity contribution in [2.45, 2.75) is 22.8 Å². The van der Waals surface area contributed by atoms with Gasteiger partial charge in [0.05, 0.1) is 0 Å². The van der Waals surface area contributed by atoms with Crippen LogP contribution in [-0.4, -0.2) is 5.11 Å². The fourth-order valence-corrected chi connectivity index (χ4v) is 3.44. The Morgan fingerprint density at radius 1 is 1.18 bits per heavy atom. The highest BCUT2D eigenvalue weighted by Crippen LogP contribution is 2.47. The van der Waals surface area contributed by atoms with Gasteiger partial charge in [0.25, 0.3) is 0 Å². The Bertz CT molecular complexity index is 595. The van der Waals surface area contributed by atoms with E-state index in [1.54, 1.807) is 11.8 Å². The second-order valence-corrected chi connectivity index (χ2v) is 5.31. The maximum Gasteiger partial charge on any atom is 0.108 e. The summed E-state index contributed by atoms with van der Waals surface area (Å²) in [4.78, 5) is 2.21. The molecule has 1 aliphatic rings. The molecular weight excluding hydrogens is 230 g/mol. The Kier molecular flexibility index (Phi) is 2.38. The molecule has 17 heavy (non-hydrogen) atoms. The van der Waals surface area contributed by atoms with Crippen molar-refractivity contribution < 1.29 is 5.11 Å². The van der Waals surface area contributed by atoms with Crippen LogP contribution in [0.3, 0.4) is 0 Å². The number of hydrogen-bond acceptors (Lipinski definition) is 3. The van der Waals surface area contributed by atoms with Gasteiger partial charge in [-0.2, -0.15) is 0 Å². The topological polar surface area (TPSA) is 46.2 Å². The zero-order chi connectivity index (χ0) is 12.0. The van der Waals surface area contributed by atoms with Crippen LogP contribution in [0.25, 0.3) is 0 Å². The first-order valence-corrected chi connectivity index (χ1v) is 6.34. The summed E-state index contributed by atoms with van der Waals surface area (Å²) < 4.78 is 0. The van der Waals surface area contributed by atoms with Gasteiger partial charge in [-0.3, -0.25) is 0 Å². The van der Waals surface area contributed by atoms with Gasteiger partial charge >= 0.3 is 0 Å². The molecule has 0 aromatic heterocycles. The molecular formula is C14H13NOS. The van der Waals surface area contributed by atoms with Gasteiger partial charge in [0.2, 0.25) is 0 Å². The van der Waals surface area contributed by atoms with E-state index in [1.807, 2.05) is 43.3 Å². The molecule has 1 atom stereocenters. The molecule has 1 aliphatic heterocycles. The Morgan fingerprint density at radius 2 is 1.94 bits per heavy atom. The number of anilines is 1. The van der Waals surface area contributed by atoms with Crippen molar-refractivity contribution in [3.63, 3.8) is 0 Å². The van der Waals surface area contributed by atoms with Crippen molar-refractivity contribution in [3.05, 3.63) is 53.1 Å². The molecule has 3 heteroatoms. The molecule has 0 aliphatic carbocycles. The normalized spacial score (nSPS) is 17.4. The van der Waals surface area contributed by atoms with Crippen molar-refractivity contribution >= 4 is 17.4 Å². The predicted octanol–water partition coefficient (Wildman–Crippen LogP) is 3.12. The monoisotopic (exact) mass is 243 g/mol. The second kappa shape index (κ2) is 3.79. The average molecular weight is 243 g/mol. The van der Waals surface area contributed by atoms with Crippen LogP contribution in [0.2, 0.25) is 0 Å². The zero-order valence-electron chi connectivity index (χ0n) is 9.47. The lowest BCUT2D eigenvalue weighted by atomic mass is 9.97. The van der Waals surface area contributed by atoms with E-state index in [1.165, 1.54) is 0 Å². The van der Waals surface area contributed by atoms with Crippen LogP contribution in [0.1, 0.15) is 22.8 Å². The van der Waals surface area contributed by atoms with Crippen LogP contribution in [0.4, 0.5) is 5.69 Å². The van der Waals surface area contributed by atoms with Gasteiger partial charge in [-0.05, 0) is 30.2 Å². The Morgan fingerprint density at radius 3 is 2.76 bits per heavy atom. The van der Waals surface area contributed by atoms with E-state index in [-0.39, 0.29) is 0 Å². The van der Waals surface area contributed by atoms with Gasteiger partial charge in [-0.15, -0.1) is 0 Å². The molecule has 0 fully saturated rings. The molecule has 3 N–H and O–H groups in total. The number of aryl methyl sites for hydroxylation is 1. The molecule has 1 heterocycles. The van der Waals surface area contributed by atoms with Crippen LogP contribution in [0, 0.1) is 6.92 Å². The van der Waals surface area contributed by atoms with E-state index in [4.69, 9.17) is 5.73 Å². The van der Waals surface area contributed by atoms with E-state index in [9.17, 15) is 5.11 Å². The summed E-state index contributed by atoms with van der Waals surface area (Å²) in [6.07, 6.45) is -0.609. The summed E-state index contributed by atoms with van der Waals surface area (Å²) in [5, 5.41) is 10.4. The first kappa shape index (κ1) is 10.7. The molecule has 2 nitrogen and oxygen atoms in total. The second-order valence-electron chi connectivity index (χ2n) is 4.26. The molecule has 2 aromatic carbocycles. The van der Waals surface area contributed by atoms with Gasteiger partial charge in [0.1, 0.15) is 6.10 Å². The fourth-order valence-electron chi connectivity index (χ4n) is 2.21. The molecule has 0 spiro atoms. The first-order chi connectivity index (χ1) is 8.18. The molecule has 0 radical (unpaired) electrons. The zero-order valence-corrected chi connectivity index (χ0v) is 10.3. The van der Waals surface area contributed by atoms with Crippen molar-refractivity contribution in [2.75, 3.05) is 5.73 Å². The molecule has 0 bridgehead atoms. The lowest BCUT2D eigenvalue weighted by Gasteiger charge is -2.26. The SMILES string of the molecule is Cc1ccc(N)c2c1Sc1ccccc1C2O. The number of nitrogen functional groups attached to an aromatic ring is 1. The molecule has 0 amide bonds. The van der Waals surface area contributed by atoms with Crippen molar-refractivity contribution in [1.82, 2.24) is 0 Å². The van der Waals surface area contributed by atoms with E-state index >= 15 is 0 Å². The largest absolute Gasteiger partial charge is 0.398 e. The van der Waals surface area contributed by atoms with Crippen LogP contribution >= 0.6 is 11.8 Å². The Hall–Kier alpha value is -1.45. The third-order valence-electron chi connectivity index (χ3n) is 3.13. The average Bonchev–Trinajstić information content (AvgIpc) is 2.34. The summed E-state index contributed by atoms with van der Waals surface area (Å²) in [5.41, 5.74) is 9.61. The minimum Gasteiger partial charge on any atom is -0.398 e. The number of benzene rings is 2. The third kappa shape index (κ3) is 1.54.